The summed E-state index contributed by atoms with van der Waals surface area (Å²) < 4.78 is 32.2. The van der Waals surface area contributed by atoms with Crippen molar-refractivity contribution in [1.29, 1.82) is 0 Å². The fourth-order valence-electron chi connectivity index (χ4n) is 2.11. The van der Waals surface area contributed by atoms with Gasteiger partial charge < -0.3 is 4.42 Å². The lowest BCUT2D eigenvalue weighted by Crippen LogP contribution is -2.43. The van der Waals surface area contributed by atoms with Gasteiger partial charge in [-0.3, -0.25) is 0 Å². The highest BCUT2D eigenvalue weighted by Crippen LogP contribution is 2.33. The van der Waals surface area contributed by atoms with Gasteiger partial charge in [-0.25, -0.2) is 8.42 Å². The molecule has 1 saturated heterocycles. The third kappa shape index (κ3) is 3.32. The van der Waals surface area contributed by atoms with E-state index in [1.54, 1.807) is 0 Å². The minimum absolute atomic E-state index is 0.150. The highest BCUT2D eigenvalue weighted by atomic mass is 79.9. The highest BCUT2D eigenvalue weighted by molar-refractivity contribution is 9.10. The number of hydrogen-bond acceptors (Lipinski definition) is 4. The smallest absolute Gasteiger partial charge is 0.247 e. The molecule has 1 aliphatic heterocycles. The lowest BCUT2D eigenvalue weighted by molar-refractivity contribution is 0.403. The number of hydrogen-bond donors (Lipinski definition) is 0. The summed E-state index contributed by atoms with van der Waals surface area (Å²) in [7, 11) is -3.53. The molecular formula is C11H15BrClNO3S2. The zero-order valence-electron chi connectivity index (χ0n) is 10.6. The van der Waals surface area contributed by atoms with Crippen molar-refractivity contribution >= 4 is 49.3 Å². The van der Waals surface area contributed by atoms with Crippen LogP contribution in [0.1, 0.15) is 19.6 Å². The van der Waals surface area contributed by atoms with Crippen molar-refractivity contribution in [1.82, 2.24) is 4.31 Å². The van der Waals surface area contributed by atoms with Crippen LogP contribution in [-0.2, 0) is 15.9 Å². The van der Waals surface area contributed by atoms with Crippen molar-refractivity contribution in [3.05, 3.63) is 16.5 Å². The van der Waals surface area contributed by atoms with E-state index < -0.39 is 10.0 Å². The molecule has 19 heavy (non-hydrogen) atoms. The molecule has 0 radical (unpaired) electrons. The molecule has 0 spiro atoms. The summed E-state index contributed by atoms with van der Waals surface area (Å²) in [4.78, 5) is 0.162. The molecule has 0 amide bonds. The predicted molar refractivity (Wildman–Crippen MR) is 81.2 cm³/mol. The van der Waals surface area contributed by atoms with Gasteiger partial charge in [-0.1, -0.05) is 13.8 Å². The monoisotopic (exact) mass is 387 g/mol. The standard InChI is InChI=1S/C11H15BrClNO3S2/c1-7-5-14(6-8(2)18-7)19(15,16)10-3-9(4-13)17-11(10)12/h3,7-8H,4-6H2,1-2H3. The summed E-state index contributed by atoms with van der Waals surface area (Å²) in [5.74, 6) is 0.594. The second-order valence-corrected chi connectivity index (χ2v) is 9.34. The van der Waals surface area contributed by atoms with Gasteiger partial charge in [-0.15, -0.1) is 11.6 Å². The first-order valence-electron chi connectivity index (χ1n) is 5.84. The lowest BCUT2D eigenvalue weighted by atomic mass is 10.4. The van der Waals surface area contributed by atoms with Gasteiger partial charge in [0.1, 0.15) is 10.7 Å². The van der Waals surface area contributed by atoms with Gasteiger partial charge >= 0.3 is 0 Å². The number of sulfonamides is 1. The van der Waals surface area contributed by atoms with Crippen LogP contribution in [0.25, 0.3) is 0 Å². The molecule has 2 unspecified atom stereocenters. The van der Waals surface area contributed by atoms with Gasteiger partial charge in [0, 0.05) is 29.7 Å². The minimum atomic E-state index is -3.53. The number of halogens is 2. The number of furan rings is 1. The molecule has 4 nitrogen and oxygen atoms in total. The molecule has 0 aliphatic carbocycles. The molecule has 0 saturated carbocycles. The molecule has 2 heterocycles. The van der Waals surface area contributed by atoms with E-state index in [0.29, 0.717) is 18.8 Å². The average Bonchev–Trinajstić information content (AvgIpc) is 2.70. The number of rotatable bonds is 3. The van der Waals surface area contributed by atoms with Crippen molar-refractivity contribution in [2.24, 2.45) is 0 Å². The van der Waals surface area contributed by atoms with E-state index in [0.717, 1.165) is 0 Å². The van der Waals surface area contributed by atoms with Gasteiger partial charge in [0.05, 0.1) is 5.88 Å². The predicted octanol–water partition coefficient (Wildman–Crippen LogP) is 3.30. The Balaban J connectivity index is 2.33. The maximum absolute atomic E-state index is 12.6. The Morgan fingerprint density at radius 3 is 2.53 bits per heavy atom. The Kier molecular flexibility index (Phi) is 4.93. The second-order valence-electron chi connectivity index (χ2n) is 4.56. The van der Waals surface area contributed by atoms with Crippen molar-refractivity contribution in [2.75, 3.05) is 13.1 Å². The zero-order chi connectivity index (χ0) is 14.2. The average molecular weight is 389 g/mol. The second kappa shape index (κ2) is 5.97. The quantitative estimate of drug-likeness (QED) is 0.746. The SMILES string of the molecule is CC1CN(S(=O)(=O)c2cc(CCl)oc2Br)CC(C)S1. The summed E-state index contributed by atoms with van der Waals surface area (Å²) >= 11 is 10.6. The normalized spacial score (nSPS) is 25.7. The third-order valence-corrected chi connectivity index (χ3v) is 7.02. The Morgan fingerprint density at radius 2 is 2.05 bits per heavy atom. The van der Waals surface area contributed by atoms with Crippen LogP contribution < -0.4 is 0 Å². The fraction of sp³-hybridized carbons (Fsp3) is 0.636. The molecule has 0 aromatic carbocycles. The molecule has 2 atom stereocenters. The van der Waals surface area contributed by atoms with E-state index in [-0.39, 0.29) is 25.9 Å². The third-order valence-electron chi connectivity index (χ3n) is 2.84. The fourth-order valence-corrected chi connectivity index (χ4v) is 6.33. The molecule has 108 valence electrons. The van der Waals surface area contributed by atoms with Crippen molar-refractivity contribution in [3.63, 3.8) is 0 Å². The van der Waals surface area contributed by atoms with Crippen molar-refractivity contribution in [2.45, 2.75) is 35.1 Å². The lowest BCUT2D eigenvalue weighted by Gasteiger charge is -2.33. The Hall–Kier alpha value is 0.310. The molecule has 0 N–H and O–H groups in total. The molecule has 1 aliphatic rings. The molecular weight excluding hydrogens is 374 g/mol. The Bertz CT molecular complexity index is 550. The first-order valence-corrected chi connectivity index (χ1v) is 9.55. The van der Waals surface area contributed by atoms with Crippen LogP contribution in [0, 0.1) is 0 Å². The van der Waals surface area contributed by atoms with Crippen LogP contribution in [0.15, 0.2) is 20.0 Å². The van der Waals surface area contributed by atoms with E-state index in [9.17, 15) is 8.42 Å². The first-order chi connectivity index (χ1) is 8.84. The van der Waals surface area contributed by atoms with Gasteiger partial charge in [-0.2, -0.15) is 16.1 Å². The van der Waals surface area contributed by atoms with Gasteiger partial charge in [0.25, 0.3) is 0 Å². The van der Waals surface area contributed by atoms with Gasteiger partial charge in [0.2, 0.25) is 10.0 Å². The molecule has 1 fully saturated rings. The van der Waals surface area contributed by atoms with E-state index in [4.69, 9.17) is 16.0 Å². The minimum Gasteiger partial charge on any atom is -0.452 e. The van der Waals surface area contributed by atoms with Crippen LogP contribution in [-0.4, -0.2) is 36.3 Å². The largest absolute Gasteiger partial charge is 0.452 e. The summed E-state index contributed by atoms with van der Waals surface area (Å²) in [6.45, 7) is 5.12. The summed E-state index contributed by atoms with van der Waals surface area (Å²) in [5.41, 5.74) is 0. The topological polar surface area (TPSA) is 50.5 Å². The Morgan fingerprint density at radius 1 is 1.47 bits per heavy atom. The molecule has 1 aromatic heterocycles. The number of nitrogens with zero attached hydrogens (tertiary/aromatic N) is 1. The van der Waals surface area contributed by atoms with E-state index >= 15 is 0 Å². The van der Waals surface area contributed by atoms with E-state index in [2.05, 4.69) is 15.9 Å². The van der Waals surface area contributed by atoms with E-state index in [1.165, 1.54) is 10.4 Å². The maximum atomic E-state index is 12.6. The van der Waals surface area contributed by atoms with Crippen LogP contribution in [0.5, 0.6) is 0 Å². The number of alkyl halides is 1. The van der Waals surface area contributed by atoms with Crippen LogP contribution in [0.4, 0.5) is 0 Å². The summed E-state index contributed by atoms with van der Waals surface area (Å²) in [6.07, 6.45) is 0. The van der Waals surface area contributed by atoms with Crippen molar-refractivity contribution in [3.8, 4) is 0 Å². The zero-order valence-corrected chi connectivity index (χ0v) is 14.6. The van der Waals surface area contributed by atoms with Gasteiger partial charge in [0.15, 0.2) is 4.67 Å². The molecule has 0 bridgehead atoms. The highest BCUT2D eigenvalue weighted by Gasteiger charge is 2.34. The summed E-state index contributed by atoms with van der Waals surface area (Å²) in [5, 5.41) is 0.577. The van der Waals surface area contributed by atoms with Crippen molar-refractivity contribution < 1.29 is 12.8 Å². The van der Waals surface area contributed by atoms with Crippen LogP contribution in [0.2, 0.25) is 0 Å². The Labute approximate surface area is 131 Å². The maximum Gasteiger partial charge on any atom is 0.247 e. The molecule has 2 rings (SSSR count). The van der Waals surface area contributed by atoms with Gasteiger partial charge in [-0.05, 0) is 15.9 Å². The summed E-state index contributed by atoms with van der Waals surface area (Å²) in [6, 6.07) is 1.49. The van der Waals surface area contributed by atoms with Crippen LogP contribution in [0.3, 0.4) is 0 Å². The number of thioether (sulfide) groups is 1. The van der Waals surface area contributed by atoms with E-state index in [1.807, 2.05) is 25.6 Å². The molecule has 8 heteroatoms. The first kappa shape index (κ1) is 15.7. The van der Waals surface area contributed by atoms with Crippen LogP contribution >= 0.6 is 39.3 Å². The molecule has 1 aromatic rings.